The van der Waals surface area contributed by atoms with Crippen LogP contribution in [0.4, 0.5) is 0 Å². The van der Waals surface area contributed by atoms with Gasteiger partial charge >= 0.3 is 5.97 Å². The molecular formula is C11H15NO3. The van der Waals surface area contributed by atoms with Gasteiger partial charge < -0.3 is 9.30 Å². The molecule has 1 rings (SSSR count). The Morgan fingerprint density at radius 3 is 2.80 bits per heavy atom. The van der Waals surface area contributed by atoms with E-state index >= 15 is 0 Å². The van der Waals surface area contributed by atoms with Crippen molar-refractivity contribution in [3.8, 4) is 0 Å². The number of methoxy groups -OCH3 is 1. The van der Waals surface area contributed by atoms with Crippen molar-refractivity contribution in [2.75, 3.05) is 7.11 Å². The lowest BCUT2D eigenvalue weighted by Crippen LogP contribution is -2.05. The number of nitrogens with zero attached hydrogens (tertiary/aromatic N) is 1. The SMILES string of the molecule is CCC(=O)c1ccn(CCC(=O)OC)c1. The molecule has 1 aromatic rings. The molecule has 0 saturated carbocycles. The van der Waals surface area contributed by atoms with Crippen LogP contribution in [0, 0.1) is 0 Å². The molecular weight excluding hydrogens is 194 g/mol. The second kappa shape index (κ2) is 5.34. The lowest BCUT2D eigenvalue weighted by Gasteiger charge is -2.00. The topological polar surface area (TPSA) is 48.3 Å². The summed E-state index contributed by atoms with van der Waals surface area (Å²) in [5, 5.41) is 0. The molecule has 0 radical (unpaired) electrons. The van der Waals surface area contributed by atoms with Crippen LogP contribution in [0.5, 0.6) is 0 Å². The van der Waals surface area contributed by atoms with Crippen molar-refractivity contribution in [3.63, 3.8) is 0 Å². The van der Waals surface area contributed by atoms with E-state index in [1.165, 1.54) is 7.11 Å². The van der Waals surface area contributed by atoms with Gasteiger partial charge in [0.2, 0.25) is 0 Å². The molecule has 0 N–H and O–H groups in total. The minimum absolute atomic E-state index is 0.117. The molecule has 0 unspecified atom stereocenters. The highest BCUT2D eigenvalue weighted by Gasteiger charge is 2.06. The Morgan fingerprint density at radius 1 is 1.47 bits per heavy atom. The van der Waals surface area contributed by atoms with Crippen LogP contribution in [0.1, 0.15) is 30.1 Å². The van der Waals surface area contributed by atoms with Crippen LogP contribution in [0.25, 0.3) is 0 Å². The largest absolute Gasteiger partial charge is 0.469 e. The van der Waals surface area contributed by atoms with E-state index in [9.17, 15) is 9.59 Å². The summed E-state index contributed by atoms with van der Waals surface area (Å²) in [6.07, 6.45) is 4.38. The quantitative estimate of drug-likeness (QED) is 0.547. The molecule has 4 nitrogen and oxygen atoms in total. The molecule has 1 heterocycles. The predicted octanol–water partition coefficient (Wildman–Crippen LogP) is 1.64. The van der Waals surface area contributed by atoms with Gasteiger partial charge in [-0.25, -0.2) is 0 Å². The minimum Gasteiger partial charge on any atom is -0.469 e. The zero-order valence-corrected chi connectivity index (χ0v) is 9.03. The van der Waals surface area contributed by atoms with E-state index in [0.717, 1.165) is 0 Å². The zero-order chi connectivity index (χ0) is 11.3. The number of hydrogen-bond acceptors (Lipinski definition) is 3. The first-order valence-corrected chi connectivity index (χ1v) is 4.93. The van der Waals surface area contributed by atoms with Gasteiger partial charge in [0.1, 0.15) is 0 Å². The number of ether oxygens (including phenoxy) is 1. The molecule has 0 bridgehead atoms. The molecule has 0 aliphatic heterocycles. The molecule has 0 spiro atoms. The molecule has 0 aliphatic carbocycles. The maximum Gasteiger partial charge on any atom is 0.307 e. The maximum atomic E-state index is 11.3. The Kier molecular flexibility index (Phi) is 4.09. The normalized spacial score (nSPS) is 10.0. The summed E-state index contributed by atoms with van der Waals surface area (Å²) in [7, 11) is 1.37. The molecule has 0 aliphatic rings. The lowest BCUT2D eigenvalue weighted by atomic mass is 10.2. The number of aryl methyl sites for hydroxylation is 1. The average molecular weight is 209 g/mol. The number of esters is 1. The first-order valence-electron chi connectivity index (χ1n) is 4.93. The zero-order valence-electron chi connectivity index (χ0n) is 9.03. The van der Waals surface area contributed by atoms with Gasteiger partial charge in [0.15, 0.2) is 5.78 Å². The van der Waals surface area contributed by atoms with E-state index in [1.807, 2.05) is 11.5 Å². The molecule has 15 heavy (non-hydrogen) atoms. The van der Waals surface area contributed by atoms with Gasteiger partial charge in [-0.1, -0.05) is 6.92 Å². The van der Waals surface area contributed by atoms with Gasteiger partial charge in [-0.3, -0.25) is 9.59 Å². The standard InChI is InChI=1S/C11H15NO3/c1-3-10(13)9-4-6-12(8-9)7-5-11(14)15-2/h4,6,8H,3,5,7H2,1-2H3. The van der Waals surface area contributed by atoms with Crippen molar-refractivity contribution < 1.29 is 14.3 Å². The van der Waals surface area contributed by atoms with Crippen LogP contribution in [-0.4, -0.2) is 23.4 Å². The minimum atomic E-state index is -0.243. The summed E-state index contributed by atoms with van der Waals surface area (Å²) in [6.45, 7) is 2.37. The Morgan fingerprint density at radius 2 is 2.20 bits per heavy atom. The van der Waals surface area contributed by atoms with Gasteiger partial charge in [-0.05, 0) is 6.07 Å². The van der Waals surface area contributed by atoms with E-state index in [2.05, 4.69) is 4.74 Å². The molecule has 0 aromatic carbocycles. The van der Waals surface area contributed by atoms with Crippen LogP contribution >= 0.6 is 0 Å². The third-order valence-corrected chi connectivity index (χ3v) is 2.20. The van der Waals surface area contributed by atoms with E-state index in [-0.39, 0.29) is 11.8 Å². The first-order chi connectivity index (χ1) is 7.17. The predicted molar refractivity (Wildman–Crippen MR) is 55.7 cm³/mol. The monoisotopic (exact) mass is 209 g/mol. The molecule has 4 heteroatoms. The van der Waals surface area contributed by atoms with Crippen molar-refractivity contribution in [3.05, 3.63) is 24.0 Å². The highest BCUT2D eigenvalue weighted by molar-refractivity contribution is 5.95. The van der Waals surface area contributed by atoms with Crippen molar-refractivity contribution in [1.29, 1.82) is 0 Å². The molecule has 0 atom stereocenters. The number of hydrogen-bond donors (Lipinski definition) is 0. The summed E-state index contributed by atoms with van der Waals surface area (Å²) in [5.41, 5.74) is 0.697. The van der Waals surface area contributed by atoms with Gasteiger partial charge in [-0.2, -0.15) is 0 Å². The van der Waals surface area contributed by atoms with Gasteiger partial charge in [-0.15, -0.1) is 0 Å². The third kappa shape index (κ3) is 3.23. The average Bonchev–Trinajstić information content (AvgIpc) is 2.73. The van der Waals surface area contributed by atoms with Crippen LogP contribution in [0.15, 0.2) is 18.5 Å². The first kappa shape index (κ1) is 11.5. The summed E-state index contributed by atoms with van der Waals surface area (Å²) in [6, 6.07) is 1.77. The van der Waals surface area contributed by atoms with Crippen molar-refractivity contribution in [1.82, 2.24) is 4.57 Å². The number of aromatic nitrogens is 1. The second-order valence-electron chi connectivity index (χ2n) is 3.24. The number of rotatable bonds is 5. The maximum absolute atomic E-state index is 11.3. The Balaban J connectivity index is 2.53. The molecule has 82 valence electrons. The number of carbonyl (C=O) groups excluding carboxylic acids is 2. The fourth-order valence-corrected chi connectivity index (χ4v) is 1.27. The van der Waals surface area contributed by atoms with Gasteiger partial charge in [0, 0.05) is 30.9 Å². The number of ketones is 1. The Labute approximate surface area is 88.8 Å². The van der Waals surface area contributed by atoms with Crippen LogP contribution in [-0.2, 0) is 16.1 Å². The highest BCUT2D eigenvalue weighted by atomic mass is 16.5. The second-order valence-corrected chi connectivity index (χ2v) is 3.24. The Bertz CT molecular complexity index is 354. The summed E-state index contributed by atoms with van der Waals surface area (Å²) >= 11 is 0. The van der Waals surface area contributed by atoms with Crippen LogP contribution < -0.4 is 0 Å². The third-order valence-electron chi connectivity index (χ3n) is 2.20. The van der Waals surface area contributed by atoms with E-state index in [0.29, 0.717) is 24.9 Å². The summed E-state index contributed by atoms with van der Waals surface area (Å²) in [5.74, 6) is -0.126. The summed E-state index contributed by atoms with van der Waals surface area (Å²) in [4.78, 5) is 22.2. The highest BCUT2D eigenvalue weighted by Crippen LogP contribution is 2.05. The van der Waals surface area contributed by atoms with E-state index in [4.69, 9.17) is 0 Å². The fourth-order valence-electron chi connectivity index (χ4n) is 1.27. The van der Waals surface area contributed by atoms with Gasteiger partial charge in [0.25, 0.3) is 0 Å². The van der Waals surface area contributed by atoms with Gasteiger partial charge in [0.05, 0.1) is 13.5 Å². The molecule has 1 aromatic heterocycles. The molecule has 0 saturated heterocycles. The van der Waals surface area contributed by atoms with E-state index < -0.39 is 0 Å². The summed E-state index contributed by atoms with van der Waals surface area (Å²) < 4.78 is 6.35. The van der Waals surface area contributed by atoms with Crippen LogP contribution in [0.3, 0.4) is 0 Å². The fraction of sp³-hybridized carbons (Fsp3) is 0.455. The Hall–Kier alpha value is -1.58. The number of carbonyl (C=O) groups is 2. The smallest absolute Gasteiger partial charge is 0.307 e. The number of Topliss-reactive ketones (excluding diaryl/α,β-unsaturated/α-hetero) is 1. The molecule has 0 fully saturated rings. The van der Waals surface area contributed by atoms with E-state index in [1.54, 1.807) is 18.5 Å². The van der Waals surface area contributed by atoms with Crippen LogP contribution in [0.2, 0.25) is 0 Å². The van der Waals surface area contributed by atoms with Crippen molar-refractivity contribution in [2.45, 2.75) is 26.3 Å². The molecule has 0 amide bonds. The van der Waals surface area contributed by atoms with Crippen molar-refractivity contribution in [2.24, 2.45) is 0 Å². The van der Waals surface area contributed by atoms with Crippen molar-refractivity contribution >= 4 is 11.8 Å². The lowest BCUT2D eigenvalue weighted by molar-refractivity contribution is -0.140.